The molecular weight excluding hydrogens is 410 g/mol. The minimum Gasteiger partial charge on any atom is -0.508 e. The summed E-state index contributed by atoms with van der Waals surface area (Å²) >= 11 is 0. The van der Waals surface area contributed by atoms with Crippen LogP contribution in [0.2, 0.25) is 0 Å². The van der Waals surface area contributed by atoms with Gasteiger partial charge in [-0.15, -0.1) is 0 Å². The predicted octanol–water partition coefficient (Wildman–Crippen LogP) is 3.32. The lowest BCUT2D eigenvalue weighted by Crippen LogP contribution is -2.54. The number of amides is 3. The van der Waals surface area contributed by atoms with Crippen LogP contribution < -0.4 is 10.6 Å². The third kappa shape index (κ3) is 7.80. The topological polar surface area (TPSA) is 108 Å². The van der Waals surface area contributed by atoms with Crippen LogP contribution in [0.1, 0.15) is 66.5 Å². The molecule has 3 unspecified atom stereocenters. The predicted molar refractivity (Wildman–Crippen MR) is 122 cm³/mol. The van der Waals surface area contributed by atoms with E-state index >= 15 is 0 Å². The summed E-state index contributed by atoms with van der Waals surface area (Å²) in [5, 5.41) is 15.3. The summed E-state index contributed by atoms with van der Waals surface area (Å²) < 4.78 is 5.30. The normalized spacial score (nSPS) is 14.0. The van der Waals surface area contributed by atoms with Gasteiger partial charge in [-0.1, -0.05) is 38.8 Å². The number of phenolic OH excluding ortho intramolecular Hbond substituents is 1. The number of benzene rings is 1. The number of nitrogens with zero attached hydrogens (tertiary/aromatic N) is 1. The van der Waals surface area contributed by atoms with Crippen LogP contribution in [0.25, 0.3) is 0 Å². The van der Waals surface area contributed by atoms with Crippen molar-refractivity contribution in [3.8, 4) is 18.2 Å². The van der Waals surface area contributed by atoms with Gasteiger partial charge in [0, 0.05) is 12.1 Å². The number of terminal acetylenes is 1. The van der Waals surface area contributed by atoms with Crippen molar-refractivity contribution < 1.29 is 24.2 Å². The Bertz CT molecular complexity index is 854. The molecule has 0 aliphatic carbocycles. The molecule has 0 radical (unpaired) electrons. The van der Waals surface area contributed by atoms with Gasteiger partial charge >= 0.3 is 6.09 Å². The minimum absolute atomic E-state index is 0.0698. The fourth-order valence-electron chi connectivity index (χ4n) is 3.01. The SMILES string of the molecule is C#CN(C(=O)C(NC(=O)OC(C)(C)C)C(C)CC)C(C(=O)NC(C)C)c1cccc(O)c1. The first kappa shape index (κ1) is 26.8. The van der Waals surface area contributed by atoms with Crippen molar-refractivity contribution >= 4 is 17.9 Å². The number of rotatable bonds is 8. The number of carbonyl (C=O) groups excluding carboxylic acids is 3. The Morgan fingerprint density at radius 3 is 2.28 bits per heavy atom. The molecule has 0 bridgehead atoms. The molecule has 8 nitrogen and oxygen atoms in total. The highest BCUT2D eigenvalue weighted by Gasteiger charge is 2.38. The number of hydrogen-bond donors (Lipinski definition) is 3. The molecule has 0 heterocycles. The van der Waals surface area contributed by atoms with Crippen LogP contribution in [0.4, 0.5) is 4.79 Å². The van der Waals surface area contributed by atoms with E-state index < -0.39 is 35.6 Å². The smallest absolute Gasteiger partial charge is 0.408 e. The van der Waals surface area contributed by atoms with Crippen molar-refractivity contribution in [2.75, 3.05) is 0 Å². The molecule has 0 aromatic heterocycles. The summed E-state index contributed by atoms with van der Waals surface area (Å²) in [4.78, 5) is 39.9. The van der Waals surface area contributed by atoms with E-state index in [1.54, 1.807) is 53.7 Å². The van der Waals surface area contributed by atoms with E-state index in [2.05, 4.69) is 16.7 Å². The van der Waals surface area contributed by atoms with Gasteiger partial charge in [0.1, 0.15) is 23.4 Å². The van der Waals surface area contributed by atoms with Crippen molar-refractivity contribution in [2.45, 2.75) is 78.6 Å². The first-order valence-electron chi connectivity index (χ1n) is 10.7. The van der Waals surface area contributed by atoms with Crippen molar-refractivity contribution in [1.29, 1.82) is 0 Å². The molecule has 0 aliphatic heterocycles. The molecule has 1 aromatic rings. The average molecular weight is 446 g/mol. The fraction of sp³-hybridized carbons (Fsp3) is 0.542. The highest BCUT2D eigenvalue weighted by molar-refractivity contribution is 5.93. The van der Waals surface area contributed by atoms with Gasteiger partial charge in [0.05, 0.1) is 0 Å². The first-order chi connectivity index (χ1) is 14.8. The van der Waals surface area contributed by atoms with Crippen molar-refractivity contribution in [1.82, 2.24) is 15.5 Å². The van der Waals surface area contributed by atoms with Crippen LogP contribution in [-0.2, 0) is 14.3 Å². The Morgan fingerprint density at radius 2 is 1.81 bits per heavy atom. The molecule has 3 N–H and O–H groups in total. The Kier molecular flexibility index (Phi) is 9.57. The van der Waals surface area contributed by atoms with Crippen LogP contribution in [0.5, 0.6) is 5.75 Å². The van der Waals surface area contributed by atoms with E-state index in [-0.39, 0.29) is 17.7 Å². The maximum absolute atomic E-state index is 13.5. The molecule has 176 valence electrons. The summed E-state index contributed by atoms with van der Waals surface area (Å²) in [6, 6.07) is 5.87. The zero-order valence-electron chi connectivity index (χ0n) is 19.9. The quantitative estimate of drug-likeness (QED) is 0.420. The molecule has 0 saturated heterocycles. The van der Waals surface area contributed by atoms with E-state index in [4.69, 9.17) is 11.2 Å². The second kappa shape index (κ2) is 11.4. The van der Waals surface area contributed by atoms with Crippen molar-refractivity contribution in [3.63, 3.8) is 0 Å². The van der Waals surface area contributed by atoms with Gasteiger partial charge in [0.15, 0.2) is 0 Å². The van der Waals surface area contributed by atoms with Gasteiger partial charge in [-0.25, -0.2) is 4.79 Å². The lowest BCUT2D eigenvalue weighted by molar-refractivity contribution is -0.139. The fourth-order valence-corrected chi connectivity index (χ4v) is 3.01. The van der Waals surface area contributed by atoms with Gasteiger partial charge < -0.3 is 20.5 Å². The molecule has 32 heavy (non-hydrogen) atoms. The monoisotopic (exact) mass is 445 g/mol. The lowest BCUT2D eigenvalue weighted by Gasteiger charge is -2.32. The van der Waals surface area contributed by atoms with Gasteiger partial charge in [0.2, 0.25) is 5.91 Å². The molecule has 1 rings (SSSR count). The molecule has 8 heteroatoms. The third-order valence-electron chi connectivity index (χ3n) is 4.65. The standard InChI is InChI=1S/C24H35N3O5/c1-9-16(5)19(26-23(31)32-24(6,7)8)22(30)27(10-2)20(21(29)25-15(3)4)17-12-11-13-18(28)14-17/h2,11-16,19-20,28H,9H2,1,3-8H3,(H,25,29)(H,26,31). The molecule has 0 aliphatic rings. The van der Waals surface area contributed by atoms with E-state index in [1.807, 2.05) is 6.92 Å². The summed E-state index contributed by atoms with van der Waals surface area (Å²) in [6.45, 7) is 12.4. The number of ether oxygens (including phenoxy) is 1. The third-order valence-corrected chi connectivity index (χ3v) is 4.65. The molecule has 3 atom stereocenters. The largest absolute Gasteiger partial charge is 0.508 e. The van der Waals surface area contributed by atoms with Crippen molar-refractivity contribution in [3.05, 3.63) is 29.8 Å². The number of carbonyl (C=O) groups is 3. The van der Waals surface area contributed by atoms with E-state index in [9.17, 15) is 19.5 Å². The van der Waals surface area contributed by atoms with Gasteiger partial charge in [-0.05, 0) is 58.2 Å². The first-order valence-corrected chi connectivity index (χ1v) is 10.7. The highest BCUT2D eigenvalue weighted by atomic mass is 16.6. The van der Waals surface area contributed by atoms with Gasteiger partial charge in [0.25, 0.3) is 5.91 Å². The average Bonchev–Trinajstić information content (AvgIpc) is 2.67. The van der Waals surface area contributed by atoms with Gasteiger partial charge in [-0.3, -0.25) is 14.5 Å². The molecule has 0 saturated carbocycles. The maximum atomic E-state index is 13.5. The van der Waals surface area contributed by atoms with Crippen molar-refractivity contribution in [2.24, 2.45) is 5.92 Å². The molecule has 0 fully saturated rings. The second-order valence-electron chi connectivity index (χ2n) is 9.01. The van der Waals surface area contributed by atoms with Gasteiger partial charge in [-0.2, -0.15) is 0 Å². The number of phenols is 1. The number of alkyl carbamates (subject to hydrolysis) is 1. The Morgan fingerprint density at radius 1 is 1.19 bits per heavy atom. The Hall–Kier alpha value is -3.21. The Labute approximate surface area is 190 Å². The minimum atomic E-state index is -1.20. The van der Waals surface area contributed by atoms with E-state index in [0.29, 0.717) is 12.0 Å². The molecule has 1 aromatic carbocycles. The van der Waals surface area contributed by atoms with Crippen LogP contribution >= 0.6 is 0 Å². The number of hydrogen-bond acceptors (Lipinski definition) is 5. The summed E-state index contributed by atoms with van der Waals surface area (Å²) in [5.41, 5.74) is -0.408. The lowest BCUT2D eigenvalue weighted by atomic mass is 9.96. The highest BCUT2D eigenvalue weighted by Crippen LogP contribution is 2.26. The molecule has 0 spiro atoms. The Balaban J connectivity index is 3.39. The molecular formula is C24H35N3O5. The summed E-state index contributed by atoms with van der Waals surface area (Å²) in [5.74, 6) is -1.49. The number of aromatic hydroxyl groups is 1. The summed E-state index contributed by atoms with van der Waals surface area (Å²) in [7, 11) is 0. The maximum Gasteiger partial charge on any atom is 0.408 e. The number of nitrogens with one attached hydrogen (secondary N) is 2. The zero-order valence-corrected chi connectivity index (χ0v) is 19.9. The van der Waals surface area contributed by atoms with E-state index in [1.165, 1.54) is 12.1 Å². The van der Waals surface area contributed by atoms with Crippen LogP contribution in [0.3, 0.4) is 0 Å². The van der Waals surface area contributed by atoms with Crippen LogP contribution in [0, 0.1) is 18.4 Å². The van der Waals surface area contributed by atoms with E-state index in [0.717, 1.165) is 4.90 Å². The van der Waals surface area contributed by atoms with Crippen LogP contribution in [0.15, 0.2) is 24.3 Å². The second-order valence-corrected chi connectivity index (χ2v) is 9.01. The summed E-state index contributed by atoms with van der Waals surface area (Å²) in [6.07, 6.45) is 5.51. The molecule has 3 amide bonds. The zero-order chi connectivity index (χ0) is 24.6. The van der Waals surface area contributed by atoms with Crippen LogP contribution in [-0.4, -0.2) is 45.6 Å².